The fourth-order valence-electron chi connectivity index (χ4n) is 3.92. The smallest absolute Gasteiger partial charge is 0.243 e. The summed E-state index contributed by atoms with van der Waals surface area (Å²) in [6, 6.07) is 2.05. The standard InChI is InChI=1S/C28H46N8O6S/c1-5-43-23(38)15-33-24(39)17(4)34-26(41)21(7-6-12-32-28(30)31)35-27(42)22(14-18-8-10-19(37)11-9-18)36-25(40)20(29)13-16(2)3/h8-11,16-17,20-22,37H,5-7,12-15,29H2,1-4H3,(H,33,39)(H,34,41)(H,35,42)(H,36,40)(H4,30,31,32)/t17-,20-,21-,22-/m0/s1. The number of phenolic OH excluding ortho intramolecular Hbond substituents is 1. The van der Waals surface area contributed by atoms with Gasteiger partial charge in [0.25, 0.3) is 0 Å². The van der Waals surface area contributed by atoms with E-state index in [4.69, 9.17) is 17.2 Å². The molecule has 0 unspecified atom stereocenters. The van der Waals surface area contributed by atoms with Gasteiger partial charge < -0.3 is 43.6 Å². The number of rotatable bonds is 18. The number of hydrogen-bond donors (Lipinski definition) is 8. The van der Waals surface area contributed by atoms with Crippen molar-refractivity contribution in [2.75, 3.05) is 18.8 Å². The maximum atomic E-state index is 13.5. The molecule has 1 aromatic rings. The maximum Gasteiger partial charge on any atom is 0.243 e. The van der Waals surface area contributed by atoms with E-state index in [1.54, 1.807) is 12.1 Å². The number of hydrogen-bond acceptors (Lipinski definition) is 9. The number of nitrogens with zero attached hydrogens (tertiary/aromatic N) is 1. The lowest BCUT2D eigenvalue weighted by Gasteiger charge is -2.25. The van der Waals surface area contributed by atoms with E-state index in [0.717, 1.165) is 11.8 Å². The Bertz CT molecular complexity index is 1110. The minimum absolute atomic E-state index is 0.0388. The average molecular weight is 623 g/mol. The Balaban J connectivity index is 3.10. The first-order chi connectivity index (χ1) is 20.2. The van der Waals surface area contributed by atoms with Crippen molar-refractivity contribution in [2.24, 2.45) is 28.1 Å². The van der Waals surface area contributed by atoms with Crippen LogP contribution in [0.15, 0.2) is 29.3 Å². The molecule has 1 rings (SSSR count). The number of nitrogens with one attached hydrogen (secondary N) is 4. The number of thioether (sulfide) groups is 1. The topological polar surface area (TPSA) is 244 Å². The molecule has 0 radical (unpaired) electrons. The Kier molecular flexibility index (Phi) is 16.7. The summed E-state index contributed by atoms with van der Waals surface area (Å²) in [6.07, 6.45) is 0.879. The molecular formula is C28H46N8O6S. The van der Waals surface area contributed by atoms with E-state index >= 15 is 0 Å². The molecule has 0 spiro atoms. The molecule has 0 saturated heterocycles. The van der Waals surface area contributed by atoms with Gasteiger partial charge in [0.15, 0.2) is 5.96 Å². The summed E-state index contributed by atoms with van der Waals surface area (Å²) >= 11 is 1.07. The number of amides is 4. The van der Waals surface area contributed by atoms with Gasteiger partial charge in [0.05, 0.1) is 12.6 Å². The number of nitrogens with two attached hydrogens (primary N) is 3. The second-order valence-corrected chi connectivity index (χ2v) is 11.8. The Morgan fingerprint density at radius 2 is 1.51 bits per heavy atom. The summed E-state index contributed by atoms with van der Waals surface area (Å²) in [5.41, 5.74) is 17.5. The molecular weight excluding hydrogens is 576 g/mol. The third-order valence-corrected chi connectivity index (χ3v) is 6.87. The highest BCUT2D eigenvalue weighted by Crippen LogP contribution is 2.13. The first kappa shape index (κ1) is 37.2. The van der Waals surface area contributed by atoms with E-state index in [0.29, 0.717) is 24.2 Å². The maximum absolute atomic E-state index is 13.5. The molecule has 0 saturated carbocycles. The van der Waals surface area contributed by atoms with E-state index in [1.165, 1.54) is 19.1 Å². The van der Waals surface area contributed by atoms with E-state index in [1.807, 2.05) is 20.8 Å². The van der Waals surface area contributed by atoms with Gasteiger partial charge in [0.1, 0.15) is 23.9 Å². The van der Waals surface area contributed by atoms with Crippen molar-refractivity contribution in [3.8, 4) is 5.75 Å². The fourth-order valence-corrected chi connectivity index (χ4v) is 4.42. The summed E-state index contributed by atoms with van der Waals surface area (Å²) in [7, 11) is 0. The molecule has 4 amide bonds. The van der Waals surface area contributed by atoms with E-state index in [-0.39, 0.29) is 48.7 Å². The van der Waals surface area contributed by atoms with Gasteiger partial charge in [0.2, 0.25) is 28.7 Å². The van der Waals surface area contributed by atoms with Crippen LogP contribution < -0.4 is 38.5 Å². The Morgan fingerprint density at radius 1 is 0.907 bits per heavy atom. The van der Waals surface area contributed by atoms with Gasteiger partial charge in [-0.3, -0.25) is 29.0 Å². The van der Waals surface area contributed by atoms with Gasteiger partial charge in [0, 0.05) is 13.0 Å². The lowest BCUT2D eigenvalue weighted by atomic mass is 10.0. The van der Waals surface area contributed by atoms with Crippen molar-refractivity contribution in [1.82, 2.24) is 21.3 Å². The molecule has 0 aromatic heterocycles. The zero-order valence-corrected chi connectivity index (χ0v) is 26.0. The van der Waals surface area contributed by atoms with Gasteiger partial charge in [-0.2, -0.15) is 0 Å². The number of carbonyl (C=O) groups is 5. The minimum atomic E-state index is -1.11. The predicted molar refractivity (Wildman–Crippen MR) is 167 cm³/mol. The lowest BCUT2D eigenvalue weighted by Crippen LogP contribution is -2.58. The number of aromatic hydroxyl groups is 1. The Morgan fingerprint density at radius 3 is 2.09 bits per heavy atom. The zero-order valence-electron chi connectivity index (χ0n) is 25.2. The second kappa shape index (κ2) is 19.4. The Hall–Kier alpha value is -3.85. The summed E-state index contributed by atoms with van der Waals surface area (Å²) in [6.45, 7) is 7.11. The highest BCUT2D eigenvalue weighted by molar-refractivity contribution is 8.13. The van der Waals surface area contributed by atoms with Gasteiger partial charge >= 0.3 is 0 Å². The van der Waals surface area contributed by atoms with E-state index < -0.39 is 47.8 Å². The van der Waals surface area contributed by atoms with Crippen LogP contribution in [0, 0.1) is 5.92 Å². The zero-order chi connectivity index (χ0) is 32.5. The molecule has 240 valence electrons. The number of phenols is 1. The third kappa shape index (κ3) is 15.3. The number of benzene rings is 1. The summed E-state index contributed by atoms with van der Waals surface area (Å²) in [5, 5.41) is 19.8. The number of aliphatic imine (C=N–C) groups is 1. The molecule has 43 heavy (non-hydrogen) atoms. The van der Waals surface area contributed by atoms with Crippen LogP contribution in [0.4, 0.5) is 0 Å². The first-order valence-corrected chi connectivity index (χ1v) is 15.1. The number of guanidine groups is 1. The van der Waals surface area contributed by atoms with Crippen LogP contribution in [0.1, 0.15) is 52.5 Å². The van der Waals surface area contributed by atoms with Crippen molar-refractivity contribution in [1.29, 1.82) is 0 Å². The van der Waals surface area contributed by atoms with Crippen molar-refractivity contribution < 1.29 is 29.1 Å². The average Bonchev–Trinajstić information content (AvgIpc) is 2.93. The first-order valence-electron chi connectivity index (χ1n) is 14.2. The van der Waals surface area contributed by atoms with Crippen LogP contribution in [-0.4, -0.2) is 82.8 Å². The van der Waals surface area contributed by atoms with Gasteiger partial charge in [-0.05, 0) is 55.6 Å². The van der Waals surface area contributed by atoms with Crippen molar-refractivity contribution in [2.45, 2.75) is 77.5 Å². The molecule has 4 atom stereocenters. The van der Waals surface area contributed by atoms with Crippen LogP contribution in [-0.2, 0) is 30.4 Å². The van der Waals surface area contributed by atoms with Gasteiger partial charge in [-0.15, -0.1) is 0 Å². The molecule has 0 aliphatic rings. The monoisotopic (exact) mass is 622 g/mol. The van der Waals surface area contributed by atoms with Gasteiger partial charge in [-0.25, -0.2) is 0 Å². The molecule has 0 aliphatic carbocycles. The molecule has 14 nitrogen and oxygen atoms in total. The summed E-state index contributed by atoms with van der Waals surface area (Å²) < 4.78 is 0. The van der Waals surface area contributed by atoms with Crippen molar-refractivity contribution in [3.05, 3.63) is 29.8 Å². The quantitative estimate of drug-likeness (QED) is 0.0577. The van der Waals surface area contributed by atoms with E-state index in [9.17, 15) is 29.1 Å². The summed E-state index contributed by atoms with van der Waals surface area (Å²) in [4.78, 5) is 67.7. The minimum Gasteiger partial charge on any atom is -0.508 e. The second-order valence-electron chi connectivity index (χ2n) is 10.4. The molecule has 0 bridgehead atoms. The SMILES string of the molecule is CCSC(=O)CNC(=O)[C@H](C)NC(=O)[C@H](CCCN=C(N)N)NC(=O)[C@H](Cc1ccc(O)cc1)NC(=O)[C@@H](N)CC(C)C. The molecule has 11 N–H and O–H groups in total. The molecule has 0 heterocycles. The lowest BCUT2D eigenvalue weighted by molar-refractivity contribution is -0.134. The molecule has 0 aliphatic heterocycles. The largest absolute Gasteiger partial charge is 0.508 e. The highest BCUT2D eigenvalue weighted by Gasteiger charge is 2.30. The predicted octanol–water partition coefficient (Wildman–Crippen LogP) is -0.768. The van der Waals surface area contributed by atoms with Crippen LogP contribution in [0.3, 0.4) is 0 Å². The van der Waals surface area contributed by atoms with Crippen LogP contribution in [0.2, 0.25) is 0 Å². The van der Waals surface area contributed by atoms with Crippen molar-refractivity contribution in [3.63, 3.8) is 0 Å². The number of carbonyl (C=O) groups excluding carboxylic acids is 5. The van der Waals surface area contributed by atoms with Crippen molar-refractivity contribution >= 4 is 46.5 Å². The summed E-state index contributed by atoms with van der Waals surface area (Å²) in [5.74, 6) is -1.77. The van der Waals surface area contributed by atoms with Crippen LogP contribution in [0.5, 0.6) is 5.75 Å². The molecule has 15 heteroatoms. The highest BCUT2D eigenvalue weighted by atomic mass is 32.2. The van der Waals surface area contributed by atoms with E-state index in [2.05, 4.69) is 26.3 Å². The normalized spacial score (nSPS) is 13.6. The van der Waals surface area contributed by atoms with Gasteiger partial charge in [-0.1, -0.05) is 44.7 Å². The van der Waals surface area contributed by atoms with Crippen LogP contribution >= 0.6 is 11.8 Å². The molecule has 1 aromatic carbocycles. The Labute approximate surface area is 256 Å². The third-order valence-electron chi connectivity index (χ3n) is 6.11. The van der Waals surface area contributed by atoms with Crippen LogP contribution in [0.25, 0.3) is 0 Å². The fraction of sp³-hybridized carbons (Fsp3) is 0.571. The molecule has 0 fully saturated rings.